The van der Waals surface area contributed by atoms with Crippen LogP contribution in [0.2, 0.25) is 0 Å². The van der Waals surface area contributed by atoms with Gasteiger partial charge in [0.1, 0.15) is 6.17 Å². The largest absolute Gasteiger partial charge is 0.395 e. The number of nitrogens with one attached hydrogen (secondary N) is 1. The highest BCUT2D eigenvalue weighted by molar-refractivity contribution is 4.70. The van der Waals surface area contributed by atoms with Gasteiger partial charge in [-0.15, -0.1) is 0 Å². The molecule has 0 rings (SSSR count). The number of aliphatic hydroxyl groups is 1. The van der Waals surface area contributed by atoms with Crippen molar-refractivity contribution in [1.82, 2.24) is 10.2 Å². The minimum Gasteiger partial charge on any atom is -0.395 e. The number of alkyl halides is 1. The van der Waals surface area contributed by atoms with Crippen molar-refractivity contribution in [3.63, 3.8) is 0 Å². The zero-order chi connectivity index (χ0) is 11.0. The van der Waals surface area contributed by atoms with Gasteiger partial charge < -0.3 is 16.2 Å². The zero-order valence-corrected chi connectivity index (χ0v) is 9.04. The monoisotopic (exact) mass is 207 g/mol. The summed E-state index contributed by atoms with van der Waals surface area (Å²) in [6.45, 7) is 6.26. The molecule has 0 aliphatic rings. The molecule has 0 bridgehead atoms. The van der Waals surface area contributed by atoms with Gasteiger partial charge in [0.25, 0.3) is 0 Å². The Morgan fingerprint density at radius 2 is 2.14 bits per heavy atom. The summed E-state index contributed by atoms with van der Waals surface area (Å²) in [5.74, 6) is 0. The normalized spacial score (nSPS) is 15.9. The van der Waals surface area contributed by atoms with Crippen LogP contribution in [-0.2, 0) is 0 Å². The summed E-state index contributed by atoms with van der Waals surface area (Å²) in [6.07, 6.45) is -1.55. The van der Waals surface area contributed by atoms with E-state index in [0.717, 1.165) is 13.1 Å². The van der Waals surface area contributed by atoms with Gasteiger partial charge in [0.15, 0.2) is 0 Å². The van der Waals surface area contributed by atoms with E-state index < -0.39 is 12.3 Å². The fourth-order valence-corrected chi connectivity index (χ4v) is 1.24. The number of likely N-dealkylation sites (N-methyl/N-ethyl adjacent to an activating group) is 1. The summed E-state index contributed by atoms with van der Waals surface area (Å²) in [7, 11) is 0. The molecule has 0 spiro atoms. The zero-order valence-electron chi connectivity index (χ0n) is 9.04. The van der Waals surface area contributed by atoms with E-state index in [-0.39, 0.29) is 6.61 Å². The lowest BCUT2D eigenvalue weighted by atomic mass is 10.3. The van der Waals surface area contributed by atoms with Crippen LogP contribution in [0.3, 0.4) is 0 Å². The number of nitrogens with two attached hydrogens (primary N) is 1. The Hall–Kier alpha value is -0.230. The molecule has 0 fully saturated rings. The summed E-state index contributed by atoms with van der Waals surface area (Å²) in [6, 6.07) is 0. The van der Waals surface area contributed by atoms with Crippen LogP contribution in [0.4, 0.5) is 4.39 Å². The predicted molar refractivity (Wildman–Crippen MR) is 55.7 cm³/mol. The quantitative estimate of drug-likeness (QED) is 0.372. The molecule has 0 saturated carbocycles. The molecule has 0 radical (unpaired) electrons. The van der Waals surface area contributed by atoms with Gasteiger partial charge in [-0.05, 0) is 13.5 Å². The number of hydrogen-bond acceptors (Lipinski definition) is 4. The first kappa shape index (κ1) is 13.8. The van der Waals surface area contributed by atoms with E-state index in [0.29, 0.717) is 13.1 Å². The lowest BCUT2D eigenvalue weighted by Gasteiger charge is -2.28. The van der Waals surface area contributed by atoms with Crippen LogP contribution >= 0.6 is 0 Å². The Balaban J connectivity index is 3.67. The third-order valence-corrected chi connectivity index (χ3v) is 2.16. The lowest BCUT2D eigenvalue weighted by Crippen LogP contribution is -2.49. The Labute approximate surface area is 85.3 Å². The average molecular weight is 207 g/mol. The van der Waals surface area contributed by atoms with Crippen LogP contribution in [0.1, 0.15) is 13.8 Å². The van der Waals surface area contributed by atoms with Crippen LogP contribution in [0, 0.1) is 0 Å². The van der Waals surface area contributed by atoms with Gasteiger partial charge in [-0.1, -0.05) is 6.92 Å². The van der Waals surface area contributed by atoms with Gasteiger partial charge in [-0.25, -0.2) is 4.39 Å². The van der Waals surface area contributed by atoms with Crippen molar-refractivity contribution in [3.05, 3.63) is 0 Å². The summed E-state index contributed by atoms with van der Waals surface area (Å²) in [5.41, 5.74) is 5.66. The van der Waals surface area contributed by atoms with Gasteiger partial charge in [-0.2, -0.15) is 0 Å². The van der Waals surface area contributed by atoms with Crippen LogP contribution < -0.4 is 11.1 Å². The fourth-order valence-electron chi connectivity index (χ4n) is 1.24. The van der Waals surface area contributed by atoms with Crippen molar-refractivity contribution in [2.24, 2.45) is 5.73 Å². The topological polar surface area (TPSA) is 61.5 Å². The fraction of sp³-hybridized carbons (Fsp3) is 1.00. The summed E-state index contributed by atoms with van der Waals surface area (Å²) in [5, 5.41) is 11.5. The Morgan fingerprint density at radius 1 is 1.50 bits per heavy atom. The molecular formula is C9H22FN3O. The Kier molecular flexibility index (Phi) is 7.98. The van der Waals surface area contributed by atoms with Gasteiger partial charge in [0, 0.05) is 19.6 Å². The molecule has 4 nitrogen and oxygen atoms in total. The van der Waals surface area contributed by atoms with Crippen molar-refractivity contribution in [1.29, 1.82) is 0 Å². The minimum atomic E-state index is -1.02. The molecule has 2 atom stereocenters. The third-order valence-electron chi connectivity index (χ3n) is 2.16. The second kappa shape index (κ2) is 8.11. The smallest absolute Gasteiger partial charge is 0.126 e. The van der Waals surface area contributed by atoms with Gasteiger partial charge in [0.05, 0.1) is 12.8 Å². The highest BCUT2D eigenvalue weighted by Crippen LogP contribution is 2.01. The molecule has 2 unspecified atom stereocenters. The van der Waals surface area contributed by atoms with E-state index in [1.54, 1.807) is 0 Å². The van der Waals surface area contributed by atoms with Crippen molar-refractivity contribution < 1.29 is 9.50 Å². The van der Waals surface area contributed by atoms with Crippen molar-refractivity contribution in [2.45, 2.75) is 26.2 Å². The van der Waals surface area contributed by atoms with E-state index in [4.69, 9.17) is 10.8 Å². The van der Waals surface area contributed by atoms with E-state index in [2.05, 4.69) is 5.32 Å². The molecule has 0 aliphatic carbocycles. The lowest BCUT2D eigenvalue weighted by molar-refractivity contribution is 0.129. The van der Waals surface area contributed by atoms with Crippen molar-refractivity contribution >= 4 is 0 Å². The second-order valence-electron chi connectivity index (χ2n) is 3.27. The molecule has 5 heteroatoms. The molecule has 0 aromatic rings. The van der Waals surface area contributed by atoms with Crippen LogP contribution in [0.25, 0.3) is 0 Å². The highest BCUT2D eigenvalue weighted by Gasteiger charge is 2.17. The highest BCUT2D eigenvalue weighted by atomic mass is 19.1. The van der Waals surface area contributed by atoms with E-state index in [1.165, 1.54) is 6.92 Å². The first-order valence-corrected chi connectivity index (χ1v) is 5.08. The van der Waals surface area contributed by atoms with E-state index in [9.17, 15) is 4.39 Å². The molecule has 0 aliphatic heterocycles. The molecule has 0 heterocycles. The maximum Gasteiger partial charge on any atom is 0.126 e. The van der Waals surface area contributed by atoms with Crippen LogP contribution in [0.15, 0.2) is 0 Å². The van der Waals surface area contributed by atoms with Crippen LogP contribution in [-0.4, -0.2) is 55.1 Å². The first-order chi connectivity index (χ1) is 6.63. The molecule has 14 heavy (non-hydrogen) atoms. The number of nitrogens with zero attached hydrogens (tertiary/aromatic N) is 1. The average Bonchev–Trinajstić information content (AvgIpc) is 2.17. The minimum absolute atomic E-state index is 0.123. The molecule has 86 valence electrons. The maximum absolute atomic E-state index is 12.9. The van der Waals surface area contributed by atoms with E-state index in [1.807, 2.05) is 11.8 Å². The molecular weight excluding hydrogens is 185 g/mol. The number of halogens is 1. The number of hydrogen-bond donors (Lipinski definition) is 3. The van der Waals surface area contributed by atoms with Crippen molar-refractivity contribution in [2.75, 3.05) is 32.8 Å². The second-order valence-corrected chi connectivity index (χ2v) is 3.27. The molecule has 4 N–H and O–H groups in total. The molecule has 0 aromatic heterocycles. The van der Waals surface area contributed by atoms with Crippen LogP contribution in [0.5, 0.6) is 0 Å². The molecule has 0 amide bonds. The summed E-state index contributed by atoms with van der Waals surface area (Å²) < 4.78 is 12.9. The summed E-state index contributed by atoms with van der Waals surface area (Å²) in [4.78, 5) is 1.87. The Morgan fingerprint density at radius 3 is 2.57 bits per heavy atom. The van der Waals surface area contributed by atoms with Gasteiger partial charge >= 0.3 is 0 Å². The predicted octanol–water partition coefficient (Wildman–Crippen LogP) is -0.467. The Bertz CT molecular complexity index is 135. The standard InChI is InChI=1S/C9H22FN3O/c1-3-13(9(11)8(2)10)6-4-12-5-7-14/h8-9,12,14H,3-7,11H2,1-2H3. The number of rotatable bonds is 8. The molecule has 0 saturated heterocycles. The SMILES string of the molecule is CCN(CCNCCO)C(N)C(C)F. The van der Waals surface area contributed by atoms with Crippen molar-refractivity contribution in [3.8, 4) is 0 Å². The first-order valence-electron chi connectivity index (χ1n) is 5.08. The third kappa shape index (κ3) is 5.49. The van der Waals surface area contributed by atoms with Gasteiger partial charge in [-0.3, -0.25) is 4.90 Å². The maximum atomic E-state index is 12.9. The van der Waals surface area contributed by atoms with Gasteiger partial charge in [0.2, 0.25) is 0 Å². The van der Waals surface area contributed by atoms with E-state index >= 15 is 0 Å². The molecule has 0 aromatic carbocycles. The number of aliphatic hydroxyl groups excluding tert-OH is 1. The summed E-state index contributed by atoms with van der Waals surface area (Å²) >= 11 is 0.